The average molecular weight is 232 g/mol. The van der Waals surface area contributed by atoms with Crippen molar-refractivity contribution in [1.82, 2.24) is 0 Å². The van der Waals surface area contributed by atoms with Gasteiger partial charge < -0.3 is 9.52 Å². The highest BCUT2D eigenvalue weighted by Gasteiger charge is 2.13. The molecule has 0 fully saturated rings. The molecule has 17 heavy (non-hydrogen) atoms. The number of ketones is 1. The van der Waals surface area contributed by atoms with Crippen LogP contribution in [0.15, 0.2) is 27.4 Å². The molecule has 0 amide bonds. The molecular weight excluding hydrogens is 224 g/mol. The molecule has 5 nitrogen and oxygen atoms in total. The zero-order valence-electron chi connectivity index (χ0n) is 8.89. The second kappa shape index (κ2) is 3.86. The molecule has 0 radical (unpaired) electrons. The maximum atomic E-state index is 11.4. The SMILES string of the molecule is CC(=O)c1cc2c(O)c(C=O)ccc2oc1=O. The summed E-state index contributed by atoms with van der Waals surface area (Å²) in [5, 5.41) is 9.91. The Hall–Kier alpha value is -2.43. The zero-order chi connectivity index (χ0) is 12.6. The summed E-state index contributed by atoms with van der Waals surface area (Å²) in [6, 6.07) is 3.96. The second-order valence-electron chi connectivity index (χ2n) is 3.54. The van der Waals surface area contributed by atoms with E-state index in [0.717, 1.165) is 0 Å². The van der Waals surface area contributed by atoms with Crippen LogP contribution in [0.4, 0.5) is 0 Å². The van der Waals surface area contributed by atoms with Gasteiger partial charge in [-0.2, -0.15) is 0 Å². The van der Waals surface area contributed by atoms with Gasteiger partial charge in [0, 0.05) is 0 Å². The van der Waals surface area contributed by atoms with Gasteiger partial charge in [0.15, 0.2) is 12.1 Å². The lowest BCUT2D eigenvalue weighted by Crippen LogP contribution is -2.11. The average Bonchev–Trinajstić information content (AvgIpc) is 2.28. The highest BCUT2D eigenvalue weighted by atomic mass is 16.4. The van der Waals surface area contributed by atoms with Gasteiger partial charge >= 0.3 is 5.63 Å². The van der Waals surface area contributed by atoms with E-state index in [9.17, 15) is 19.5 Å². The zero-order valence-corrected chi connectivity index (χ0v) is 8.89. The predicted octanol–water partition coefficient (Wildman–Crippen LogP) is 1.51. The molecule has 1 heterocycles. The molecule has 0 spiro atoms. The van der Waals surface area contributed by atoms with Crippen molar-refractivity contribution in [3.63, 3.8) is 0 Å². The number of carbonyl (C=O) groups excluding carboxylic acids is 2. The van der Waals surface area contributed by atoms with Crippen LogP contribution in [-0.4, -0.2) is 17.2 Å². The van der Waals surface area contributed by atoms with E-state index >= 15 is 0 Å². The summed E-state index contributed by atoms with van der Waals surface area (Å²) >= 11 is 0. The molecule has 0 bridgehead atoms. The fourth-order valence-electron chi connectivity index (χ4n) is 1.53. The fraction of sp³-hybridized carbons (Fsp3) is 0.0833. The van der Waals surface area contributed by atoms with Gasteiger partial charge in [-0.3, -0.25) is 9.59 Å². The summed E-state index contributed by atoms with van der Waals surface area (Å²) in [7, 11) is 0. The molecule has 1 aromatic carbocycles. The van der Waals surface area contributed by atoms with Gasteiger partial charge in [-0.1, -0.05) is 0 Å². The van der Waals surface area contributed by atoms with Crippen LogP contribution in [0.3, 0.4) is 0 Å². The van der Waals surface area contributed by atoms with Crippen LogP contribution in [-0.2, 0) is 0 Å². The van der Waals surface area contributed by atoms with E-state index in [2.05, 4.69) is 0 Å². The van der Waals surface area contributed by atoms with Gasteiger partial charge in [-0.25, -0.2) is 4.79 Å². The van der Waals surface area contributed by atoms with Crippen LogP contribution in [0.5, 0.6) is 5.75 Å². The lowest BCUT2D eigenvalue weighted by molar-refractivity contribution is 0.101. The van der Waals surface area contributed by atoms with Crippen molar-refractivity contribution < 1.29 is 19.1 Å². The maximum Gasteiger partial charge on any atom is 0.347 e. The minimum Gasteiger partial charge on any atom is -0.506 e. The van der Waals surface area contributed by atoms with Crippen molar-refractivity contribution in [2.75, 3.05) is 0 Å². The van der Waals surface area contributed by atoms with E-state index in [-0.39, 0.29) is 27.8 Å². The van der Waals surface area contributed by atoms with E-state index in [0.29, 0.717) is 6.29 Å². The van der Waals surface area contributed by atoms with Crippen LogP contribution in [0.2, 0.25) is 0 Å². The number of aromatic hydroxyl groups is 1. The first-order chi connectivity index (χ1) is 8.04. The number of carbonyl (C=O) groups is 2. The summed E-state index contributed by atoms with van der Waals surface area (Å²) in [4.78, 5) is 33.2. The molecule has 5 heteroatoms. The fourth-order valence-corrected chi connectivity index (χ4v) is 1.53. The van der Waals surface area contributed by atoms with E-state index in [1.807, 2.05) is 0 Å². The number of benzene rings is 1. The lowest BCUT2D eigenvalue weighted by atomic mass is 10.1. The smallest absolute Gasteiger partial charge is 0.347 e. The van der Waals surface area contributed by atoms with Crippen molar-refractivity contribution in [1.29, 1.82) is 0 Å². The summed E-state index contributed by atoms with van der Waals surface area (Å²) in [6.45, 7) is 1.22. The van der Waals surface area contributed by atoms with Crippen LogP contribution in [0, 0.1) is 0 Å². The maximum absolute atomic E-state index is 11.4. The van der Waals surface area contributed by atoms with Crippen LogP contribution >= 0.6 is 0 Å². The van der Waals surface area contributed by atoms with E-state index in [1.54, 1.807) is 0 Å². The normalized spacial score (nSPS) is 10.4. The van der Waals surface area contributed by atoms with Gasteiger partial charge in [0.1, 0.15) is 16.9 Å². The predicted molar refractivity (Wildman–Crippen MR) is 59.5 cm³/mol. The Labute approximate surface area is 95.3 Å². The Morgan fingerprint density at radius 1 is 1.41 bits per heavy atom. The van der Waals surface area contributed by atoms with Crippen LogP contribution < -0.4 is 5.63 Å². The summed E-state index contributed by atoms with van der Waals surface area (Å²) < 4.78 is 4.88. The molecule has 2 rings (SSSR count). The third-order valence-corrected chi connectivity index (χ3v) is 2.43. The topological polar surface area (TPSA) is 84.6 Å². The molecule has 1 aromatic heterocycles. The Morgan fingerprint density at radius 3 is 2.71 bits per heavy atom. The molecule has 0 saturated heterocycles. The molecular formula is C12H8O5. The summed E-state index contributed by atoms with van der Waals surface area (Å²) in [6.07, 6.45) is 0.479. The number of aldehydes is 1. The number of hydrogen-bond donors (Lipinski definition) is 1. The highest BCUT2D eigenvalue weighted by molar-refractivity contribution is 5.99. The number of Topliss-reactive ketones (excluding diaryl/α,β-unsaturated/α-hetero) is 1. The van der Waals surface area contributed by atoms with E-state index < -0.39 is 11.4 Å². The molecule has 0 aliphatic rings. The minimum absolute atomic E-state index is 0.0702. The number of phenols is 1. The first-order valence-electron chi connectivity index (χ1n) is 4.80. The molecule has 1 N–H and O–H groups in total. The van der Waals surface area contributed by atoms with E-state index in [1.165, 1.54) is 25.1 Å². The Kier molecular flexibility index (Phi) is 2.51. The van der Waals surface area contributed by atoms with Crippen molar-refractivity contribution in [3.05, 3.63) is 39.7 Å². The first-order valence-corrected chi connectivity index (χ1v) is 4.80. The largest absolute Gasteiger partial charge is 0.506 e. The van der Waals surface area contributed by atoms with Gasteiger partial charge in [0.2, 0.25) is 0 Å². The molecule has 2 aromatic rings. The van der Waals surface area contributed by atoms with Crippen molar-refractivity contribution in [2.45, 2.75) is 6.92 Å². The number of fused-ring (bicyclic) bond motifs is 1. The standard InChI is InChI=1S/C12H8O5/c1-6(14)8-4-9-10(17-12(8)16)3-2-7(5-13)11(9)15/h2-5,15H,1H3. The lowest BCUT2D eigenvalue weighted by Gasteiger charge is -2.03. The third-order valence-electron chi connectivity index (χ3n) is 2.43. The summed E-state index contributed by atoms with van der Waals surface area (Å²) in [5.41, 5.74) is -0.719. The van der Waals surface area contributed by atoms with Gasteiger partial charge in [0.05, 0.1) is 10.9 Å². The van der Waals surface area contributed by atoms with Gasteiger partial charge in [0.25, 0.3) is 0 Å². The Bertz CT molecular complexity index is 681. The molecule has 0 unspecified atom stereocenters. The van der Waals surface area contributed by atoms with Gasteiger partial charge in [-0.15, -0.1) is 0 Å². The number of hydrogen-bond acceptors (Lipinski definition) is 5. The molecule has 86 valence electrons. The molecule has 0 saturated carbocycles. The van der Waals surface area contributed by atoms with Crippen molar-refractivity contribution in [3.8, 4) is 5.75 Å². The third kappa shape index (κ3) is 1.71. The van der Waals surface area contributed by atoms with E-state index in [4.69, 9.17) is 4.42 Å². The number of rotatable bonds is 2. The van der Waals surface area contributed by atoms with Gasteiger partial charge in [-0.05, 0) is 25.1 Å². The second-order valence-corrected chi connectivity index (χ2v) is 3.54. The highest BCUT2D eigenvalue weighted by Crippen LogP contribution is 2.27. The molecule has 0 aliphatic carbocycles. The minimum atomic E-state index is -0.761. The van der Waals surface area contributed by atoms with Crippen LogP contribution in [0.25, 0.3) is 11.0 Å². The van der Waals surface area contributed by atoms with Crippen LogP contribution in [0.1, 0.15) is 27.6 Å². The van der Waals surface area contributed by atoms with Crippen molar-refractivity contribution >= 4 is 23.0 Å². The summed E-state index contributed by atoms with van der Waals surface area (Å²) in [5.74, 6) is -0.764. The number of phenolic OH excluding ortho intramolecular Hbond substituents is 1. The monoisotopic (exact) mass is 232 g/mol. The quantitative estimate of drug-likeness (QED) is 0.482. The first kappa shape index (κ1) is 11.1. The Morgan fingerprint density at radius 2 is 2.12 bits per heavy atom. The van der Waals surface area contributed by atoms with Crippen molar-refractivity contribution in [2.24, 2.45) is 0 Å². The molecule has 0 aliphatic heterocycles. The molecule has 0 atom stereocenters. The Balaban J connectivity index is 2.90.